The van der Waals surface area contributed by atoms with Crippen molar-refractivity contribution >= 4 is 38.0 Å². The molecule has 11 heteroatoms. The van der Waals surface area contributed by atoms with Crippen molar-refractivity contribution in [1.82, 2.24) is 19.2 Å². The predicted molar refractivity (Wildman–Crippen MR) is 164 cm³/mol. The van der Waals surface area contributed by atoms with Gasteiger partial charge in [0.25, 0.3) is 5.56 Å². The molecule has 6 rings (SSSR count). The average Bonchev–Trinajstić information content (AvgIpc) is 3.42. The molecular weight excluding hydrogens is 568 g/mol. The Labute approximate surface area is 248 Å². The second kappa shape index (κ2) is 11.7. The van der Waals surface area contributed by atoms with Crippen LogP contribution in [0.3, 0.4) is 0 Å². The molecule has 5 aromatic rings. The van der Waals surface area contributed by atoms with Gasteiger partial charge in [0.05, 0.1) is 29.0 Å². The number of hydrogen-bond acceptors (Lipinski definition) is 7. The topological polar surface area (TPSA) is 125 Å². The molecule has 1 saturated heterocycles. The molecule has 0 spiro atoms. The number of pyridine rings is 1. The third-order valence-corrected chi connectivity index (χ3v) is 9.78. The Morgan fingerprint density at radius 1 is 1.02 bits per heavy atom. The van der Waals surface area contributed by atoms with Crippen molar-refractivity contribution < 1.29 is 22.7 Å². The maximum absolute atomic E-state index is 13.9. The van der Waals surface area contributed by atoms with Crippen LogP contribution in [0.2, 0.25) is 0 Å². The van der Waals surface area contributed by atoms with Crippen molar-refractivity contribution in [2.45, 2.75) is 30.3 Å². The minimum Gasteiger partial charge on any atom is -0.434 e. The summed E-state index contributed by atoms with van der Waals surface area (Å²) in [6.07, 6.45) is 1.11. The number of H-pyrrole nitrogens is 2. The van der Waals surface area contributed by atoms with E-state index in [0.29, 0.717) is 35.8 Å². The fourth-order valence-electron chi connectivity index (χ4n) is 5.60. The number of likely N-dealkylation sites (tertiary alicyclic amines) is 1. The Morgan fingerprint density at radius 2 is 1.67 bits per heavy atom. The lowest BCUT2D eigenvalue weighted by molar-refractivity contribution is 0.0620. The van der Waals surface area contributed by atoms with Crippen molar-refractivity contribution in [3.05, 3.63) is 107 Å². The zero-order valence-corrected chi connectivity index (χ0v) is 24.6. The van der Waals surface area contributed by atoms with Gasteiger partial charge in [-0.2, -0.15) is 4.31 Å². The molecular formula is C32H32N4O6S. The number of aromatic nitrogens is 2. The number of aromatic amines is 2. The Hall–Kier alpha value is -4.45. The van der Waals surface area contributed by atoms with E-state index in [1.165, 1.54) is 22.6 Å². The smallest absolute Gasteiger partial charge is 0.434 e. The van der Waals surface area contributed by atoms with Crippen LogP contribution in [0.4, 0.5) is 4.79 Å². The van der Waals surface area contributed by atoms with E-state index in [-0.39, 0.29) is 34.9 Å². The van der Waals surface area contributed by atoms with E-state index in [0.717, 1.165) is 11.1 Å². The Morgan fingerprint density at radius 3 is 2.30 bits per heavy atom. The highest BCUT2D eigenvalue weighted by atomic mass is 32.2. The predicted octanol–water partition coefficient (Wildman–Crippen LogP) is 5.03. The SMILES string of the molecule is CCCOC(=O)Oc1c[nH]c2c(=O)[nH]c3ccc(S(=O)(=O)N(C)C4CN(C(c5ccccc5)c5ccccc5)C4)cc3c12. The number of nitrogens with one attached hydrogen (secondary N) is 2. The quantitative estimate of drug-likeness (QED) is 0.228. The molecule has 0 atom stereocenters. The molecule has 1 aliphatic heterocycles. The number of fused-ring (bicyclic) bond motifs is 3. The van der Waals surface area contributed by atoms with E-state index in [2.05, 4.69) is 39.1 Å². The van der Waals surface area contributed by atoms with Crippen LogP contribution in [0, 0.1) is 0 Å². The molecule has 3 heterocycles. The van der Waals surface area contributed by atoms with Gasteiger partial charge in [-0.15, -0.1) is 0 Å². The van der Waals surface area contributed by atoms with E-state index in [4.69, 9.17) is 9.47 Å². The fraction of sp³-hybridized carbons (Fsp3) is 0.250. The fourth-order valence-corrected chi connectivity index (χ4v) is 6.96. The first-order valence-corrected chi connectivity index (χ1v) is 15.6. The molecule has 43 heavy (non-hydrogen) atoms. The molecule has 0 unspecified atom stereocenters. The summed E-state index contributed by atoms with van der Waals surface area (Å²) in [5.74, 6) is 0.0811. The Balaban J connectivity index is 1.28. The maximum atomic E-state index is 13.9. The summed E-state index contributed by atoms with van der Waals surface area (Å²) in [5, 5.41) is 0.724. The molecule has 0 aliphatic carbocycles. The van der Waals surface area contributed by atoms with Gasteiger partial charge in [0.2, 0.25) is 10.0 Å². The molecule has 1 fully saturated rings. The normalized spacial score (nSPS) is 14.4. The number of carbonyl (C=O) groups excluding carboxylic acids is 1. The summed E-state index contributed by atoms with van der Waals surface area (Å²) in [7, 11) is -2.31. The number of nitrogens with zero attached hydrogens (tertiary/aromatic N) is 2. The maximum Gasteiger partial charge on any atom is 0.513 e. The van der Waals surface area contributed by atoms with E-state index in [1.54, 1.807) is 13.1 Å². The monoisotopic (exact) mass is 600 g/mol. The highest BCUT2D eigenvalue weighted by molar-refractivity contribution is 7.89. The van der Waals surface area contributed by atoms with Crippen LogP contribution in [-0.2, 0) is 14.8 Å². The van der Waals surface area contributed by atoms with Gasteiger partial charge in [-0.1, -0.05) is 67.6 Å². The molecule has 0 saturated carbocycles. The average molecular weight is 601 g/mol. The van der Waals surface area contributed by atoms with Crippen LogP contribution in [0.15, 0.2) is 94.7 Å². The second-order valence-electron chi connectivity index (χ2n) is 10.6. The molecule has 0 radical (unpaired) electrons. The molecule has 3 aromatic carbocycles. The summed E-state index contributed by atoms with van der Waals surface area (Å²) >= 11 is 0. The number of benzene rings is 3. The number of likely N-dealkylation sites (N-methyl/N-ethyl adjacent to an activating group) is 1. The van der Waals surface area contributed by atoms with Gasteiger partial charge in [-0.05, 0) is 35.7 Å². The Bertz CT molecular complexity index is 1890. The van der Waals surface area contributed by atoms with Crippen molar-refractivity contribution in [3.8, 4) is 5.75 Å². The largest absolute Gasteiger partial charge is 0.513 e. The zero-order chi connectivity index (χ0) is 30.1. The van der Waals surface area contributed by atoms with Crippen molar-refractivity contribution in [1.29, 1.82) is 0 Å². The summed E-state index contributed by atoms with van der Waals surface area (Å²) in [4.78, 5) is 32.8. The number of carbonyl (C=O) groups is 1. The van der Waals surface area contributed by atoms with Gasteiger partial charge >= 0.3 is 6.16 Å². The van der Waals surface area contributed by atoms with Crippen molar-refractivity contribution in [2.24, 2.45) is 0 Å². The summed E-state index contributed by atoms with van der Waals surface area (Å²) < 4.78 is 39.5. The number of sulfonamides is 1. The molecule has 0 bridgehead atoms. The molecule has 0 amide bonds. The van der Waals surface area contributed by atoms with Crippen LogP contribution in [0.25, 0.3) is 21.8 Å². The molecule has 2 aromatic heterocycles. The lowest BCUT2D eigenvalue weighted by Crippen LogP contribution is -2.60. The first kappa shape index (κ1) is 28.7. The first-order valence-electron chi connectivity index (χ1n) is 14.1. The lowest BCUT2D eigenvalue weighted by Gasteiger charge is -2.47. The molecule has 222 valence electrons. The number of rotatable bonds is 9. The van der Waals surface area contributed by atoms with E-state index in [9.17, 15) is 18.0 Å². The van der Waals surface area contributed by atoms with Crippen LogP contribution < -0.4 is 10.3 Å². The standard InChI is InChI=1S/C32H32N4O6S/c1-3-16-41-32(38)42-27-18-33-29-28(27)25-17-24(14-15-26(25)34-31(29)37)43(39,40)35(2)23-19-36(20-23)30(21-10-6-4-7-11-21)22-12-8-5-9-13-22/h4-15,17-18,23,30,33H,3,16,19-20H2,1-2H3,(H,34,37). The summed E-state index contributed by atoms with van der Waals surface area (Å²) in [5.41, 5.74) is 2.44. The van der Waals surface area contributed by atoms with Gasteiger partial charge in [0.15, 0.2) is 5.75 Å². The first-order chi connectivity index (χ1) is 20.8. The third-order valence-electron chi connectivity index (χ3n) is 7.87. The van der Waals surface area contributed by atoms with Crippen LogP contribution in [-0.4, -0.2) is 66.5 Å². The van der Waals surface area contributed by atoms with E-state index >= 15 is 0 Å². The third kappa shape index (κ3) is 5.42. The van der Waals surface area contributed by atoms with Gasteiger partial charge in [0, 0.05) is 37.2 Å². The van der Waals surface area contributed by atoms with Crippen LogP contribution in [0.1, 0.15) is 30.5 Å². The van der Waals surface area contributed by atoms with Gasteiger partial charge in [-0.25, -0.2) is 13.2 Å². The second-order valence-corrected chi connectivity index (χ2v) is 12.6. The highest BCUT2D eigenvalue weighted by Crippen LogP contribution is 2.36. The zero-order valence-electron chi connectivity index (χ0n) is 23.8. The van der Waals surface area contributed by atoms with Crippen LogP contribution in [0.5, 0.6) is 5.75 Å². The number of hydrogen-bond donors (Lipinski definition) is 2. The molecule has 2 N–H and O–H groups in total. The van der Waals surface area contributed by atoms with Gasteiger partial charge < -0.3 is 19.4 Å². The number of ether oxygens (including phenoxy) is 2. The minimum absolute atomic E-state index is 0.0107. The van der Waals surface area contributed by atoms with E-state index < -0.39 is 21.7 Å². The molecule has 10 nitrogen and oxygen atoms in total. The van der Waals surface area contributed by atoms with Crippen molar-refractivity contribution in [3.63, 3.8) is 0 Å². The minimum atomic E-state index is -3.91. The lowest BCUT2D eigenvalue weighted by atomic mass is 9.93. The summed E-state index contributed by atoms with van der Waals surface area (Å²) in [6.45, 7) is 3.17. The van der Waals surface area contributed by atoms with Crippen LogP contribution >= 0.6 is 0 Å². The highest BCUT2D eigenvalue weighted by Gasteiger charge is 2.40. The van der Waals surface area contributed by atoms with Gasteiger partial charge in [-0.3, -0.25) is 9.69 Å². The van der Waals surface area contributed by atoms with E-state index in [1.807, 2.05) is 43.3 Å². The Kier molecular flexibility index (Phi) is 7.78. The van der Waals surface area contributed by atoms with Gasteiger partial charge in [0.1, 0.15) is 5.52 Å². The summed E-state index contributed by atoms with van der Waals surface area (Å²) in [6, 6.07) is 24.7. The van der Waals surface area contributed by atoms with Crippen molar-refractivity contribution in [2.75, 3.05) is 26.7 Å². The molecule has 1 aliphatic rings.